The fourth-order valence-corrected chi connectivity index (χ4v) is 2.14. The summed E-state index contributed by atoms with van der Waals surface area (Å²) in [4.78, 5) is 23.6. The number of carbonyl (C=O) groups is 2. The first-order valence-corrected chi connectivity index (χ1v) is 7.60. The minimum atomic E-state index is -0.891. The van der Waals surface area contributed by atoms with Crippen LogP contribution in [-0.2, 0) is 9.59 Å². The Morgan fingerprint density at radius 1 is 1.45 bits per heavy atom. The van der Waals surface area contributed by atoms with Crippen molar-refractivity contribution in [1.82, 2.24) is 10.9 Å². The van der Waals surface area contributed by atoms with Crippen molar-refractivity contribution in [3.05, 3.63) is 28.2 Å². The third-order valence-corrected chi connectivity index (χ3v) is 3.48. The first-order chi connectivity index (χ1) is 10.5. The number of halogens is 1. The third kappa shape index (κ3) is 5.45. The summed E-state index contributed by atoms with van der Waals surface area (Å²) in [6.07, 6.45) is 3.27. The lowest BCUT2D eigenvalue weighted by Gasteiger charge is -2.12. The van der Waals surface area contributed by atoms with Crippen molar-refractivity contribution in [2.75, 3.05) is 0 Å². The highest BCUT2D eigenvalue weighted by Gasteiger charge is 2.25. The van der Waals surface area contributed by atoms with Crippen molar-refractivity contribution in [2.45, 2.75) is 26.2 Å². The van der Waals surface area contributed by atoms with Gasteiger partial charge in [0.1, 0.15) is 11.7 Å². The number of nitrogens with two attached hydrogens (primary N) is 1. The van der Waals surface area contributed by atoms with Crippen LogP contribution >= 0.6 is 15.9 Å². The monoisotopic (exact) mass is 370 g/mol. The smallest absolute Gasteiger partial charge is 0.252 e. The minimum absolute atomic E-state index is 0.0310. The van der Waals surface area contributed by atoms with E-state index in [1.165, 1.54) is 12.3 Å². The Kier molecular flexibility index (Phi) is 7.55. The highest BCUT2D eigenvalue weighted by molar-refractivity contribution is 9.10. The average molecular weight is 371 g/mol. The lowest BCUT2D eigenvalue weighted by Crippen LogP contribution is -2.42. The van der Waals surface area contributed by atoms with Crippen LogP contribution in [0.4, 0.5) is 0 Å². The van der Waals surface area contributed by atoms with Gasteiger partial charge in [0, 0.05) is 10.0 Å². The van der Waals surface area contributed by atoms with Gasteiger partial charge in [0.15, 0.2) is 0 Å². The molecule has 0 radical (unpaired) electrons. The second kappa shape index (κ2) is 9.16. The number of unbranched alkanes of at least 4 members (excludes halogenated alkanes) is 1. The van der Waals surface area contributed by atoms with E-state index in [1.54, 1.807) is 12.1 Å². The van der Waals surface area contributed by atoms with E-state index < -0.39 is 17.7 Å². The first kappa shape index (κ1) is 18.1. The topological polar surface area (TPSA) is 117 Å². The first-order valence-electron chi connectivity index (χ1n) is 6.81. The van der Waals surface area contributed by atoms with Crippen molar-refractivity contribution in [3.63, 3.8) is 0 Å². The molecule has 1 rings (SSSR count). The molecule has 1 aromatic rings. The van der Waals surface area contributed by atoms with Crippen molar-refractivity contribution < 1.29 is 14.7 Å². The van der Waals surface area contributed by atoms with Crippen molar-refractivity contribution in [2.24, 2.45) is 16.9 Å². The number of rotatable bonds is 7. The number of benzene rings is 1. The number of phenols is 1. The maximum absolute atomic E-state index is 12.0. The Hall–Kier alpha value is -1.93. The zero-order valence-electron chi connectivity index (χ0n) is 12.2. The van der Waals surface area contributed by atoms with Crippen LogP contribution in [0, 0.1) is 5.92 Å². The van der Waals surface area contributed by atoms with E-state index in [4.69, 9.17) is 5.84 Å². The van der Waals surface area contributed by atoms with Crippen LogP contribution in [0.25, 0.3) is 0 Å². The summed E-state index contributed by atoms with van der Waals surface area (Å²) in [7, 11) is 0. The summed E-state index contributed by atoms with van der Waals surface area (Å²) in [6.45, 7) is 1.96. The maximum atomic E-state index is 12.0. The molecule has 0 bridgehead atoms. The van der Waals surface area contributed by atoms with E-state index >= 15 is 0 Å². The largest absolute Gasteiger partial charge is 0.507 e. The highest BCUT2D eigenvalue weighted by atomic mass is 79.9. The molecule has 1 aromatic carbocycles. The molecular formula is C14H19BrN4O3. The number of amides is 2. The van der Waals surface area contributed by atoms with Crippen LogP contribution in [0.3, 0.4) is 0 Å². The number of hydrazone groups is 1. The molecule has 7 nitrogen and oxygen atoms in total. The number of hydrogen-bond donors (Lipinski definition) is 4. The number of hydrazine groups is 1. The summed E-state index contributed by atoms with van der Waals surface area (Å²) in [6, 6.07) is 4.82. The Labute approximate surface area is 137 Å². The summed E-state index contributed by atoms with van der Waals surface area (Å²) in [5, 5.41) is 13.4. The van der Waals surface area contributed by atoms with E-state index in [0.29, 0.717) is 12.0 Å². The van der Waals surface area contributed by atoms with E-state index in [-0.39, 0.29) is 5.75 Å². The van der Waals surface area contributed by atoms with Crippen LogP contribution < -0.4 is 16.7 Å². The predicted molar refractivity (Wildman–Crippen MR) is 86.9 cm³/mol. The Bertz CT molecular complexity index is 563. The van der Waals surface area contributed by atoms with E-state index in [0.717, 1.165) is 17.3 Å². The van der Waals surface area contributed by atoms with Crippen LogP contribution in [0.1, 0.15) is 31.7 Å². The second-order valence-corrected chi connectivity index (χ2v) is 5.56. The molecule has 0 saturated carbocycles. The average Bonchev–Trinajstić information content (AvgIpc) is 2.50. The number of hydrogen-bond acceptors (Lipinski definition) is 5. The molecule has 22 heavy (non-hydrogen) atoms. The molecular weight excluding hydrogens is 352 g/mol. The van der Waals surface area contributed by atoms with Gasteiger partial charge in [-0.05, 0) is 24.6 Å². The molecule has 0 aliphatic rings. The molecule has 0 aliphatic heterocycles. The molecule has 0 saturated heterocycles. The number of phenolic OH excluding ortho intramolecular Hbond substituents is 1. The molecule has 8 heteroatoms. The zero-order chi connectivity index (χ0) is 16.5. The predicted octanol–water partition coefficient (Wildman–Crippen LogP) is 1.40. The highest BCUT2D eigenvalue weighted by Crippen LogP contribution is 2.19. The van der Waals surface area contributed by atoms with Gasteiger partial charge in [0.25, 0.3) is 5.91 Å². The van der Waals surface area contributed by atoms with Gasteiger partial charge in [-0.2, -0.15) is 5.10 Å². The summed E-state index contributed by atoms with van der Waals surface area (Å²) >= 11 is 3.27. The molecule has 0 fully saturated rings. The number of nitrogens with zero attached hydrogens (tertiary/aromatic N) is 1. The van der Waals surface area contributed by atoms with E-state index in [2.05, 4.69) is 26.5 Å². The SMILES string of the molecule is CCCCC(C(=O)NN)C(=O)N/N=C/c1cc(Br)ccc1O. The molecule has 0 aliphatic carbocycles. The minimum Gasteiger partial charge on any atom is -0.507 e. The lowest BCUT2D eigenvalue weighted by molar-refractivity contribution is -0.135. The molecule has 0 aromatic heterocycles. The quantitative estimate of drug-likeness (QED) is 0.191. The number of nitrogens with one attached hydrogen (secondary N) is 2. The van der Waals surface area contributed by atoms with E-state index in [9.17, 15) is 14.7 Å². The van der Waals surface area contributed by atoms with Crippen molar-refractivity contribution >= 4 is 34.0 Å². The normalized spacial score (nSPS) is 12.1. The van der Waals surface area contributed by atoms with Gasteiger partial charge in [-0.15, -0.1) is 0 Å². The number of carbonyl (C=O) groups excluding carboxylic acids is 2. The van der Waals surface area contributed by atoms with Gasteiger partial charge < -0.3 is 5.11 Å². The van der Waals surface area contributed by atoms with Gasteiger partial charge >= 0.3 is 0 Å². The molecule has 0 spiro atoms. The van der Waals surface area contributed by atoms with E-state index in [1.807, 2.05) is 12.3 Å². The van der Waals surface area contributed by atoms with Gasteiger partial charge in [-0.25, -0.2) is 11.3 Å². The van der Waals surface area contributed by atoms with Crippen molar-refractivity contribution in [3.8, 4) is 5.75 Å². The van der Waals surface area contributed by atoms with Gasteiger partial charge in [0.05, 0.1) is 6.21 Å². The molecule has 5 N–H and O–H groups in total. The standard InChI is InChI=1S/C14H19BrN4O3/c1-2-3-4-11(13(21)18-16)14(22)19-17-8-9-7-10(15)5-6-12(9)20/h5-8,11,20H,2-4,16H2,1H3,(H,18,21)(H,19,22)/b17-8+. The van der Waals surface area contributed by atoms with Crippen molar-refractivity contribution in [1.29, 1.82) is 0 Å². The molecule has 1 unspecified atom stereocenters. The summed E-state index contributed by atoms with van der Waals surface area (Å²) in [5.74, 6) is 3.13. The lowest BCUT2D eigenvalue weighted by atomic mass is 10.0. The third-order valence-electron chi connectivity index (χ3n) is 2.99. The van der Waals surface area contributed by atoms with Crippen LogP contribution in [-0.4, -0.2) is 23.1 Å². The van der Waals surface area contributed by atoms with Crippen LogP contribution in [0.2, 0.25) is 0 Å². The van der Waals surface area contributed by atoms with Crippen LogP contribution in [0.5, 0.6) is 5.75 Å². The molecule has 120 valence electrons. The summed E-state index contributed by atoms with van der Waals surface area (Å²) in [5.41, 5.74) is 4.70. The van der Waals surface area contributed by atoms with Gasteiger partial charge in [-0.1, -0.05) is 35.7 Å². The molecule has 2 amide bonds. The fourth-order valence-electron chi connectivity index (χ4n) is 1.76. The van der Waals surface area contributed by atoms with Gasteiger partial charge in [0.2, 0.25) is 5.91 Å². The fraction of sp³-hybridized carbons (Fsp3) is 0.357. The molecule has 0 heterocycles. The Morgan fingerprint density at radius 2 is 2.18 bits per heavy atom. The molecule has 1 atom stereocenters. The Morgan fingerprint density at radius 3 is 2.82 bits per heavy atom. The van der Waals surface area contributed by atoms with Gasteiger partial charge in [-0.3, -0.25) is 15.0 Å². The zero-order valence-corrected chi connectivity index (χ0v) is 13.8. The summed E-state index contributed by atoms with van der Waals surface area (Å²) < 4.78 is 0.765. The second-order valence-electron chi connectivity index (χ2n) is 4.64. The van der Waals surface area contributed by atoms with Crippen LogP contribution in [0.15, 0.2) is 27.8 Å². The maximum Gasteiger partial charge on any atom is 0.252 e. The Balaban J connectivity index is 2.71. The number of aromatic hydroxyl groups is 1.